The minimum Gasteiger partial charge on any atom is -0.275 e. The average Bonchev–Trinajstić information content (AvgIpc) is 3.90. The van der Waals surface area contributed by atoms with Gasteiger partial charge in [-0.2, -0.15) is 0 Å². The number of aryl methyl sites for hydroxylation is 6. The maximum absolute atomic E-state index is 6.12. The highest BCUT2D eigenvalue weighted by atomic mass is 15.4. The number of aromatic nitrogens is 2. The Morgan fingerprint density at radius 1 is 0.431 bits per heavy atom. The highest BCUT2D eigenvalue weighted by molar-refractivity contribution is 6.54. The zero-order chi connectivity index (χ0) is 40.2. The summed E-state index contributed by atoms with van der Waals surface area (Å²) in [6.07, 6.45) is 5.36. The van der Waals surface area contributed by atoms with E-state index in [2.05, 4.69) is 192 Å². The Hall–Kier alpha value is -6.13. The molecule has 6 aromatic carbocycles. The largest absolute Gasteiger partial charge is 0.275 e. The molecule has 4 nitrogen and oxygen atoms in total. The summed E-state index contributed by atoms with van der Waals surface area (Å²) in [4.78, 5) is 18.1. The van der Waals surface area contributed by atoms with Gasteiger partial charge >= 0.3 is 0 Å². The average molecular weight is 759 g/mol. The van der Waals surface area contributed by atoms with Crippen LogP contribution in [-0.4, -0.2) is 21.0 Å². The Kier molecular flexibility index (Phi) is 11.2. The molecule has 1 aliphatic heterocycles. The van der Waals surface area contributed by atoms with Crippen molar-refractivity contribution in [2.45, 2.75) is 85.9 Å². The number of imidazole rings is 1. The summed E-state index contributed by atoms with van der Waals surface area (Å²) in [6.45, 7) is 13.6. The third-order valence-electron chi connectivity index (χ3n) is 11.8. The van der Waals surface area contributed by atoms with E-state index in [1.54, 1.807) is 0 Å². The molecule has 8 rings (SSSR count). The first-order valence-electron chi connectivity index (χ1n) is 21.3. The van der Waals surface area contributed by atoms with Gasteiger partial charge in [0.05, 0.1) is 22.8 Å². The smallest absolute Gasteiger partial charge is 0.262 e. The molecule has 0 radical (unpaired) electrons. The first kappa shape index (κ1) is 38.7. The van der Waals surface area contributed by atoms with E-state index in [1.165, 1.54) is 38.9 Å². The van der Waals surface area contributed by atoms with Crippen LogP contribution < -0.4 is 0 Å². The molecule has 0 saturated heterocycles. The molecule has 1 aromatic heterocycles. The highest BCUT2D eigenvalue weighted by Gasteiger charge is 2.47. The fraction of sp³-hybridized carbons (Fsp3) is 0.241. The van der Waals surface area contributed by atoms with E-state index in [1.807, 2.05) is 0 Å². The van der Waals surface area contributed by atoms with Crippen LogP contribution >= 0.6 is 0 Å². The van der Waals surface area contributed by atoms with Crippen molar-refractivity contribution < 1.29 is 0 Å². The Morgan fingerprint density at radius 2 is 0.810 bits per heavy atom. The van der Waals surface area contributed by atoms with Crippen molar-refractivity contribution in [1.82, 2.24) is 9.55 Å². The van der Waals surface area contributed by atoms with E-state index >= 15 is 0 Å². The normalized spacial score (nSPS) is 13.4. The van der Waals surface area contributed by atoms with Crippen molar-refractivity contribution in [3.8, 4) is 33.9 Å². The zero-order valence-electron chi connectivity index (χ0n) is 34.9. The number of aliphatic imine (C=N–C) groups is 2. The Labute approximate surface area is 345 Å². The molecule has 0 fully saturated rings. The summed E-state index contributed by atoms with van der Waals surface area (Å²) < 4.78 is 2.46. The van der Waals surface area contributed by atoms with Crippen molar-refractivity contribution in [1.29, 1.82) is 0 Å². The molecule has 0 saturated carbocycles. The van der Waals surface area contributed by atoms with Crippen LogP contribution in [0.25, 0.3) is 33.9 Å². The van der Waals surface area contributed by atoms with E-state index in [-0.39, 0.29) is 0 Å². The van der Waals surface area contributed by atoms with E-state index in [0.717, 1.165) is 95.0 Å². The molecule has 2 heterocycles. The van der Waals surface area contributed by atoms with E-state index in [0.29, 0.717) is 0 Å². The molecule has 1 aliphatic rings. The van der Waals surface area contributed by atoms with Crippen LogP contribution in [0.15, 0.2) is 156 Å². The van der Waals surface area contributed by atoms with Gasteiger partial charge in [0.15, 0.2) is 0 Å². The molecule has 290 valence electrons. The van der Waals surface area contributed by atoms with Gasteiger partial charge in [-0.3, -0.25) is 4.57 Å². The van der Waals surface area contributed by atoms with Gasteiger partial charge in [0, 0.05) is 33.4 Å². The maximum Gasteiger partial charge on any atom is 0.262 e. The van der Waals surface area contributed by atoms with E-state index in [9.17, 15) is 0 Å². The second-order valence-electron chi connectivity index (χ2n) is 15.2. The van der Waals surface area contributed by atoms with Gasteiger partial charge in [-0.25, -0.2) is 15.0 Å². The molecule has 0 amide bonds. The minimum absolute atomic E-state index is 0.839. The van der Waals surface area contributed by atoms with Crippen molar-refractivity contribution in [2.75, 3.05) is 0 Å². The number of hydrogen-bond donors (Lipinski definition) is 0. The number of rotatable bonds is 13. The van der Waals surface area contributed by atoms with Crippen LogP contribution in [0.2, 0.25) is 0 Å². The van der Waals surface area contributed by atoms with Crippen LogP contribution in [0, 0.1) is 0 Å². The van der Waals surface area contributed by atoms with E-state index in [4.69, 9.17) is 15.0 Å². The van der Waals surface area contributed by atoms with Gasteiger partial charge in [-0.1, -0.05) is 187 Å². The molecule has 4 heteroatoms. The van der Waals surface area contributed by atoms with Gasteiger partial charge in [-0.05, 0) is 71.9 Å². The van der Waals surface area contributed by atoms with Crippen LogP contribution in [0.3, 0.4) is 0 Å². The summed E-state index contributed by atoms with van der Waals surface area (Å²) in [5.41, 5.74) is 18.0. The highest BCUT2D eigenvalue weighted by Crippen LogP contribution is 2.49. The SMILES string of the molecule is CCc1cc(CC)c(-c2nc(-c3ccccc3)c(-c3ccccc3)n2C2(c3c(CC)cc(CC)cc3CC)N=C(c3ccccc3)C(c3ccccc3)=N2)c(CC)c1. The number of hydrogen-bond acceptors (Lipinski definition) is 3. The summed E-state index contributed by atoms with van der Waals surface area (Å²) in [5, 5.41) is 0. The lowest BCUT2D eigenvalue weighted by Gasteiger charge is -2.34. The molecular weight excluding hydrogens is 705 g/mol. The van der Waals surface area contributed by atoms with Gasteiger partial charge < -0.3 is 0 Å². The molecule has 0 atom stereocenters. The van der Waals surface area contributed by atoms with Crippen LogP contribution in [-0.2, 0) is 44.3 Å². The Morgan fingerprint density at radius 3 is 1.21 bits per heavy atom. The van der Waals surface area contributed by atoms with Crippen molar-refractivity contribution in [3.63, 3.8) is 0 Å². The lowest BCUT2D eigenvalue weighted by atomic mass is 9.88. The molecule has 0 aliphatic carbocycles. The maximum atomic E-state index is 6.12. The van der Waals surface area contributed by atoms with Crippen LogP contribution in [0.4, 0.5) is 0 Å². The molecule has 0 bridgehead atoms. The third kappa shape index (κ3) is 6.85. The van der Waals surface area contributed by atoms with Crippen molar-refractivity contribution >= 4 is 11.4 Å². The molecule has 0 unspecified atom stereocenters. The topological polar surface area (TPSA) is 42.5 Å². The monoisotopic (exact) mass is 758 g/mol. The quantitative estimate of drug-likeness (QED) is 0.115. The van der Waals surface area contributed by atoms with E-state index < -0.39 is 5.79 Å². The second-order valence-corrected chi connectivity index (χ2v) is 15.2. The summed E-state index contributed by atoms with van der Waals surface area (Å²) in [6, 6.07) is 52.4. The first-order chi connectivity index (χ1) is 28.5. The molecule has 7 aromatic rings. The van der Waals surface area contributed by atoms with Gasteiger partial charge in [0.1, 0.15) is 5.82 Å². The molecular formula is C54H54N4. The standard InChI is InChI=1S/C54H54N4/c1-7-37-33-39(9-3)47(40(10-4)34-37)53-55-51(45-29-21-15-22-30-45)52(46-31-23-16-24-32-46)58(53)54(48-41(11-5)35-38(8-2)36-42(48)12-6)56-49(43-25-17-13-18-26-43)50(57-54)44-27-19-14-20-28-44/h13-36H,7-12H2,1-6H3. The van der Waals surface area contributed by atoms with Crippen LogP contribution in [0.5, 0.6) is 0 Å². The summed E-state index contributed by atoms with van der Waals surface area (Å²) >= 11 is 0. The minimum atomic E-state index is -1.25. The van der Waals surface area contributed by atoms with Gasteiger partial charge in [-0.15, -0.1) is 0 Å². The molecule has 0 spiro atoms. The number of nitrogens with zero attached hydrogens (tertiary/aromatic N) is 4. The third-order valence-corrected chi connectivity index (χ3v) is 11.8. The molecule has 58 heavy (non-hydrogen) atoms. The lowest BCUT2D eigenvalue weighted by Crippen LogP contribution is -2.34. The Bertz CT molecular complexity index is 2490. The fourth-order valence-electron chi connectivity index (χ4n) is 8.83. The van der Waals surface area contributed by atoms with Gasteiger partial charge in [0.25, 0.3) is 5.79 Å². The number of benzene rings is 6. The predicted molar refractivity (Wildman–Crippen MR) is 244 cm³/mol. The lowest BCUT2D eigenvalue weighted by molar-refractivity contribution is 0.402. The summed E-state index contributed by atoms with van der Waals surface area (Å²) in [7, 11) is 0. The van der Waals surface area contributed by atoms with Crippen LogP contribution in [0.1, 0.15) is 91.6 Å². The van der Waals surface area contributed by atoms with Crippen molar-refractivity contribution in [2.24, 2.45) is 9.98 Å². The fourth-order valence-corrected chi connectivity index (χ4v) is 8.83. The van der Waals surface area contributed by atoms with Gasteiger partial charge in [0.2, 0.25) is 0 Å². The molecule has 0 N–H and O–H groups in total. The Balaban J connectivity index is 1.66. The second kappa shape index (κ2) is 16.8. The first-order valence-corrected chi connectivity index (χ1v) is 21.3. The predicted octanol–water partition coefficient (Wildman–Crippen LogP) is 12.9. The zero-order valence-corrected chi connectivity index (χ0v) is 34.9. The van der Waals surface area contributed by atoms with Crippen molar-refractivity contribution in [3.05, 3.63) is 196 Å². The summed E-state index contributed by atoms with van der Waals surface area (Å²) in [5.74, 6) is -0.355.